The normalized spacial score (nSPS) is 14.4. The van der Waals surface area contributed by atoms with Gasteiger partial charge < -0.3 is 5.32 Å². The average Bonchev–Trinajstić information content (AvgIpc) is 2.41. The Morgan fingerprint density at radius 2 is 1.88 bits per heavy atom. The average molecular weight is 245 g/mol. The van der Waals surface area contributed by atoms with Crippen LogP contribution in [0.15, 0.2) is 36.7 Å². The second kappa shape index (κ2) is 4.47. The highest BCUT2D eigenvalue weighted by Crippen LogP contribution is 2.32. The number of nitrogens with zero attached hydrogens (tertiary/aromatic N) is 1. The van der Waals surface area contributed by atoms with Crippen LogP contribution in [0.4, 0.5) is 0 Å². The van der Waals surface area contributed by atoms with Gasteiger partial charge in [0.1, 0.15) is 0 Å². The van der Waals surface area contributed by atoms with Crippen molar-refractivity contribution in [3.63, 3.8) is 0 Å². The molecule has 86 valence electrons. The molecule has 17 heavy (non-hydrogen) atoms. The summed E-state index contributed by atoms with van der Waals surface area (Å²) < 4.78 is 0. The molecule has 0 saturated heterocycles. The Bertz CT molecular complexity index is 537. The minimum absolute atomic E-state index is 0.866. The monoisotopic (exact) mass is 244 g/mol. The molecule has 0 spiro atoms. The van der Waals surface area contributed by atoms with Crippen LogP contribution in [0.25, 0.3) is 11.1 Å². The first-order valence-electron chi connectivity index (χ1n) is 5.77. The van der Waals surface area contributed by atoms with Gasteiger partial charge in [0.25, 0.3) is 0 Å². The van der Waals surface area contributed by atoms with E-state index in [4.69, 9.17) is 11.6 Å². The van der Waals surface area contributed by atoms with Crippen LogP contribution in [0.3, 0.4) is 0 Å². The number of hydrogen-bond donors (Lipinski definition) is 1. The minimum atomic E-state index is 0.866. The molecule has 0 radical (unpaired) electrons. The van der Waals surface area contributed by atoms with Crippen LogP contribution in [0.2, 0.25) is 5.02 Å². The van der Waals surface area contributed by atoms with Crippen LogP contribution in [0, 0.1) is 0 Å². The Balaban J connectivity index is 2.18. The lowest BCUT2D eigenvalue weighted by atomic mass is 9.92. The van der Waals surface area contributed by atoms with Crippen molar-refractivity contribution < 1.29 is 0 Å². The van der Waals surface area contributed by atoms with Crippen molar-refractivity contribution in [1.29, 1.82) is 0 Å². The standard InChI is InChI=1S/C14H13ClN2/c15-14-2-1-11(10-3-6-16-7-4-10)12-5-8-17-9-13(12)14/h1-4,6-7,17H,5,8-9H2. The zero-order valence-electron chi connectivity index (χ0n) is 9.41. The maximum Gasteiger partial charge on any atom is 0.0454 e. The summed E-state index contributed by atoms with van der Waals surface area (Å²) in [6, 6.07) is 8.20. The molecule has 1 aromatic heterocycles. The molecule has 0 fully saturated rings. The molecule has 1 aliphatic rings. The highest BCUT2D eigenvalue weighted by molar-refractivity contribution is 6.31. The summed E-state index contributed by atoms with van der Waals surface area (Å²) >= 11 is 6.25. The maximum absolute atomic E-state index is 6.25. The molecule has 0 aliphatic carbocycles. The third-order valence-corrected chi connectivity index (χ3v) is 3.57. The van der Waals surface area contributed by atoms with E-state index >= 15 is 0 Å². The lowest BCUT2D eigenvalue weighted by Crippen LogP contribution is -2.24. The number of hydrogen-bond acceptors (Lipinski definition) is 2. The molecule has 2 heterocycles. The number of rotatable bonds is 1. The smallest absolute Gasteiger partial charge is 0.0454 e. The van der Waals surface area contributed by atoms with Gasteiger partial charge in [0, 0.05) is 24.0 Å². The largest absolute Gasteiger partial charge is 0.312 e. The molecule has 0 unspecified atom stereocenters. The lowest BCUT2D eigenvalue weighted by molar-refractivity contribution is 0.645. The van der Waals surface area contributed by atoms with E-state index in [0.717, 1.165) is 24.5 Å². The second-order valence-electron chi connectivity index (χ2n) is 4.21. The van der Waals surface area contributed by atoms with E-state index in [-0.39, 0.29) is 0 Å². The SMILES string of the molecule is Clc1ccc(-c2ccncc2)c2c1CNCC2. The molecule has 0 saturated carbocycles. The Labute approximate surface area is 106 Å². The fourth-order valence-corrected chi connectivity index (χ4v) is 2.61. The van der Waals surface area contributed by atoms with Gasteiger partial charge in [0.2, 0.25) is 0 Å². The highest BCUT2D eigenvalue weighted by atomic mass is 35.5. The summed E-state index contributed by atoms with van der Waals surface area (Å²) in [5.74, 6) is 0. The Hall–Kier alpha value is -1.38. The molecule has 1 N–H and O–H groups in total. The van der Waals surface area contributed by atoms with Crippen LogP contribution in [0.1, 0.15) is 11.1 Å². The highest BCUT2D eigenvalue weighted by Gasteiger charge is 2.16. The van der Waals surface area contributed by atoms with Crippen LogP contribution in [0.5, 0.6) is 0 Å². The second-order valence-corrected chi connectivity index (χ2v) is 4.62. The Kier molecular flexibility index (Phi) is 2.83. The number of benzene rings is 1. The van der Waals surface area contributed by atoms with Gasteiger partial charge in [-0.1, -0.05) is 17.7 Å². The van der Waals surface area contributed by atoms with Crippen LogP contribution in [-0.4, -0.2) is 11.5 Å². The van der Waals surface area contributed by atoms with E-state index in [2.05, 4.69) is 16.4 Å². The Morgan fingerprint density at radius 1 is 1.06 bits per heavy atom. The predicted molar refractivity (Wildman–Crippen MR) is 70.1 cm³/mol. The summed E-state index contributed by atoms with van der Waals surface area (Å²) in [4.78, 5) is 4.06. The van der Waals surface area contributed by atoms with Crippen molar-refractivity contribution in [1.82, 2.24) is 10.3 Å². The van der Waals surface area contributed by atoms with Gasteiger partial charge in [-0.25, -0.2) is 0 Å². The summed E-state index contributed by atoms with van der Waals surface area (Å²) in [6.45, 7) is 1.89. The molecule has 0 amide bonds. The van der Waals surface area contributed by atoms with Crippen LogP contribution < -0.4 is 5.32 Å². The van der Waals surface area contributed by atoms with Gasteiger partial charge in [-0.15, -0.1) is 0 Å². The molecule has 2 aromatic rings. The third-order valence-electron chi connectivity index (χ3n) is 3.22. The number of nitrogens with one attached hydrogen (secondary N) is 1. The Morgan fingerprint density at radius 3 is 2.71 bits per heavy atom. The van der Waals surface area contributed by atoms with Gasteiger partial charge in [-0.05, 0) is 53.4 Å². The predicted octanol–water partition coefficient (Wildman–Crippen LogP) is 3.05. The van der Waals surface area contributed by atoms with Gasteiger partial charge in [0.15, 0.2) is 0 Å². The summed E-state index contributed by atoms with van der Waals surface area (Å²) in [5, 5.41) is 4.23. The molecule has 3 rings (SSSR count). The molecule has 1 aromatic carbocycles. The zero-order valence-corrected chi connectivity index (χ0v) is 10.2. The molecular weight excluding hydrogens is 232 g/mol. The maximum atomic E-state index is 6.25. The fraction of sp³-hybridized carbons (Fsp3) is 0.214. The fourth-order valence-electron chi connectivity index (χ4n) is 2.37. The number of pyridine rings is 1. The third kappa shape index (κ3) is 1.94. The van der Waals surface area contributed by atoms with Crippen molar-refractivity contribution in [3.8, 4) is 11.1 Å². The van der Waals surface area contributed by atoms with Crippen molar-refractivity contribution in [2.45, 2.75) is 13.0 Å². The van der Waals surface area contributed by atoms with Gasteiger partial charge in [-0.2, -0.15) is 0 Å². The lowest BCUT2D eigenvalue weighted by Gasteiger charge is -2.21. The van der Waals surface area contributed by atoms with E-state index in [0.29, 0.717) is 0 Å². The van der Waals surface area contributed by atoms with E-state index in [1.165, 1.54) is 22.3 Å². The number of fused-ring (bicyclic) bond motifs is 1. The van der Waals surface area contributed by atoms with Gasteiger partial charge in [-0.3, -0.25) is 4.98 Å². The van der Waals surface area contributed by atoms with Crippen molar-refractivity contribution >= 4 is 11.6 Å². The van der Waals surface area contributed by atoms with Crippen molar-refractivity contribution in [2.24, 2.45) is 0 Å². The summed E-state index contributed by atoms with van der Waals surface area (Å²) in [6.07, 6.45) is 4.70. The first-order valence-corrected chi connectivity index (χ1v) is 6.15. The molecule has 2 nitrogen and oxygen atoms in total. The first-order chi connectivity index (χ1) is 8.36. The van der Waals surface area contributed by atoms with Crippen LogP contribution >= 0.6 is 11.6 Å². The number of halogens is 1. The van der Waals surface area contributed by atoms with Crippen molar-refractivity contribution in [2.75, 3.05) is 6.54 Å². The number of aromatic nitrogens is 1. The molecule has 1 aliphatic heterocycles. The first kappa shape index (κ1) is 10.8. The molecule has 0 bridgehead atoms. The molecule has 0 atom stereocenters. The molecular formula is C14H13ClN2. The van der Waals surface area contributed by atoms with E-state index in [9.17, 15) is 0 Å². The van der Waals surface area contributed by atoms with Gasteiger partial charge in [0.05, 0.1) is 0 Å². The summed E-state index contributed by atoms with van der Waals surface area (Å²) in [7, 11) is 0. The topological polar surface area (TPSA) is 24.9 Å². The quantitative estimate of drug-likeness (QED) is 0.834. The van der Waals surface area contributed by atoms with E-state index in [1.54, 1.807) is 0 Å². The van der Waals surface area contributed by atoms with Crippen LogP contribution in [-0.2, 0) is 13.0 Å². The van der Waals surface area contributed by atoms with E-state index in [1.807, 2.05) is 30.6 Å². The van der Waals surface area contributed by atoms with E-state index < -0.39 is 0 Å². The molecule has 3 heteroatoms. The zero-order chi connectivity index (χ0) is 11.7. The minimum Gasteiger partial charge on any atom is -0.312 e. The summed E-state index contributed by atoms with van der Waals surface area (Å²) in [5.41, 5.74) is 5.12. The van der Waals surface area contributed by atoms with Crippen molar-refractivity contribution in [3.05, 3.63) is 52.8 Å². The van der Waals surface area contributed by atoms with Gasteiger partial charge >= 0.3 is 0 Å².